The van der Waals surface area contributed by atoms with Gasteiger partial charge < -0.3 is 16.8 Å². The van der Waals surface area contributed by atoms with Gasteiger partial charge in [0.05, 0.1) is 0 Å². The Balaban J connectivity index is 2.70. The number of rotatable bonds is 4. The fourth-order valence-corrected chi connectivity index (χ4v) is 1.01. The van der Waals surface area contributed by atoms with Crippen LogP contribution in [0.5, 0.6) is 0 Å². The Morgan fingerprint density at radius 1 is 1.60 bits per heavy atom. The highest BCUT2D eigenvalue weighted by Crippen LogP contribution is 2.08. The largest absolute Gasteiger partial charge is 0.383 e. The molecular formula is C10H16N4O. The summed E-state index contributed by atoms with van der Waals surface area (Å²) in [7, 11) is 0. The van der Waals surface area contributed by atoms with E-state index in [9.17, 15) is 4.79 Å². The quantitative estimate of drug-likeness (QED) is 0.664. The van der Waals surface area contributed by atoms with Gasteiger partial charge in [-0.25, -0.2) is 0 Å². The molecule has 0 aliphatic heterocycles. The zero-order valence-electron chi connectivity index (χ0n) is 8.95. The molecule has 1 heterocycles. The monoisotopic (exact) mass is 208 g/mol. The number of carbonyl (C=O) groups is 1. The Hall–Kier alpha value is -1.62. The lowest BCUT2D eigenvalue weighted by molar-refractivity contribution is 0.0995. The van der Waals surface area contributed by atoms with Gasteiger partial charge in [-0.05, 0) is 26.0 Å². The Morgan fingerprint density at radius 3 is 2.80 bits per heavy atom. The van der Waals surface area contributed by atoms with Crippen LogP contribution >= 0.6 is 0 Å². The third kappa shape index (κ3) is 3.95. The molecule has 0 aliphatic carbocycles. The molecule has 0 radical (unpaired) electrons. The summed E-state index contributed by atoms with van der Waals surface area (Å²) in [6.45, 7) is 4.43. The fraction of sp³-hybridized carbons (Fsp3) is 0.400. The van der Waals surface area contributed by atoms with Gasteiger partial charge in [0.15, 0.2) is 0 Å². The summed E-state index contributed by atoms with van der Waals surface area (Å²) in [6, 6.07) is 3.37. The number of hydrogen-bond donors (Lipinski definition) is 3. The van der Waals surface area contributed by atoms with Crippen LogP contribution in [0, 0.1) is 0 Å². The van der Waals surface area contributed by atoms with E-state index in [0.29, 0.717) is 6.54 Å². The van der Waals surface area contributed by atoms with E-state index in [-0.39, 0.29) is 11.2 Å². The van der Waals surface area contributed by atoms with Gasteiger partial charge in [0.2, 0.25) is 0 Å². The first-order chi connectivity index (χ1) is 6.88. The van der Waals surface area contributed by atoms with E-state index in [1.165, 1.54) is 6.20 Å². The third-order valence-corrected chi connectivity index (χ3v) is 1.76. The number of amides is 1. The lowest BCUT2D eigenvalue weighted by Crippen LogP contribution is -2.39. The van der Waals surface area contributed by atoms with Crippen LogP contribution in [0.25, 0.3) is 0 Å². The summed E-state index contributed by atoms with van der Waals surface area (Å²) >= 11 is 0. The van der Waals surface area contributed by atoms with Gasteiger partial charge in [0.25, 0.3) is 5.91 Å². The van der Waals surface area contributed by atoms with Crippen molar-refractivity contribution in [3.8, 4) is 0 Å². The lowest BCUT2D eigenvalue weighted by Gasteiger charge is -2.19. The molecule has 5 heteroatoms. The first-order valence-electron chi connectivity index (χ1n) is 4.67. The van der Waals surface area contributed by atoms with Crippen molar-refractivity contribution in [1.82, 2.24) is 4.98 Å². The molecule has 0 spiro atoms. The number of aromatic nitrogens is 1. The van der Waals surface area contributed by atoms with Crippen molar-refractivity contribution in [2.45, 2.75) is 19.4 Å². The highest BCUT2D eigenvalue weighted by Gasteiger charge is 2.10. The SMILES string of the molecule is CC(C)(N)CNc1ccnc(C(N)=O)c1. The Morgan fingerprint density at radius 2 is 2.27 bits per heavy atom. The van der Waals surface area contributed by atoms with Crippen LogP contribution in [0.4, 0.5) is 5.69 Å². The molecule has 15 heavy (non-hydrogen) atoms. The Bertz CT molecular complexity index is 357. The van der Waals surface area contributed by atoms with Gasteiger partial charge >= 0.3 is 0 Å². The van der Waals surface area contributed by atoms with Crippen molar-refractivity contribution < 1.29 is 4.79 Å². The molecule has 1 aromatic rings. The van der Waals surface area contributed by atoms with Crippen LogP contribution < -0.4 is 16.8 Å². The fourth-order valence-electron chi connectivity index (χ4n) is 1.01. The first-order valence-corrected chi connectivity index (χ1v) is 4.67. The molecular weight excluding hydrogens is 192 g/mol. The zero-order valence-corrected chi connectivity index (χ0v) is 8.95. The van der Waals surface area contributed by atoms with Gasteiger partial charge in [0, 0.05) is 24.0 Å². The maximum Gasteiger partial charge on any atom is 0.267 e. The van der Waals surface area contributed by atoms with Crippen LogP contribution in [0.15, 0.2) is 18.3 Å². The predicted molar refractivity (Wildman–Crippen MR) is 59.5 cm³/mol. The van der Waals surface area contributed by atoms with Gasteiger partial charge in [-0.1, -0.05) is 0 Å². The standard InChI is InChI=1S/C10H16N4O/c1-10(2,12)6-14-7-3-4-13-8(5-7)9(11)15/h3-5H,6,12H2,1-2H3,(H2,11,15)(H,13,14). The molecule has 0 unspecified atom stereocenters. The normalized spacial score (nSPS) is 11.1. The van der Waals surface area contributed by atoms with Gasteiger partial charge in [-0.15, -0.1) is 0 Å². The highest BCUT2D eigenvalue weighted by molar-refractivity contribution is 5.91. The Kier molecular flexibility index (Phi) is 3.26. The molecule has 0 aromatic carbocycles. The number of anilines is 1. The smallest absolute Gasteiger partial charge is 0.267 e. The number of nitrogens with two attached hydrogens (primary N) is 2. The number of hydrogen-bond acceptors (Lipinski definition) is 4. The van der Waals surface area contributed by atoms with Gasteiger partial charge in [-0.2, -0.15) is 0 Å². The molecule has 0 fully saturated rings. The van der Waals surface area contributed by atoms with Crippen molar-refractivity contribution in [3.63, 3.8) is 0 Å². The van der Waals surface area contributed by atoms with E-state index in [2.05, 4.69) is 10.3 Å². The van der Waals surface area contributed by atoms with E-state index in [4.69, 9.17) is 11.5 Å². The number of primary amides is 1. The van der Waals surface area contributed by atoms with Crippen LogP contribution in [0.3, 0.4) is 0 Å². The minimum Gasteiger partial charge on any atom is -0.383 e. The van der Waals surface area contributed by atoms with Crippen molar-refractivity contribution in [1.29, 1.82) is 0 Å². The molecule has 0 saturated carbocycles. The molecule has 82 valence electrons. The van der Waals surface area contributed by atoms with E-state index >= 15 is 0 Å². The van der Waals surface area contributed by atoms with Crippen LogP contribution in [0.1, 0.15) is 24.3 Å². The van der Waals surface area contributed by atoms with Crippen molar-refractivity contribution >= 4 is 11.6 Å². The summed E-state index contributed by atoms with van der Waals surface area (Å²) in [4.78, 5) is 14.7. The molecule has 0 atom stereocenters. The summed E-state index contributed by atoms with van der Waals surface area (Å²) < 4.78 is 0. The zero-order chi connectivity index (χ0) is 11.5. The van der Waals surface area contributed by atoms with Crippen molar-refractivity contribution in [3.05, 3.63) is 24.0 Å². The minimum atomic E-state index is -0.536. The van der Waals surface area contributed by atoms with Crippen LogP contribution in [-0.2, 0) is 0 Å². The molecule has 1 rings (SSSR count). The average molecular weight is 208 g/mol. The molecule has 0 saturated heterocycles. The maximum atomic E-state index is 10.9. The highest BCUT2D eigenvalue weighted by atomic mass is 16.1. The van der Waals surface area contributed by atoms with Gasteiger partial charge in [0.1, 0.15) is 5.69 Å². The van der Waals surface area contributed by atoms with E-state index in [0.717, 1.165) is 5.69 Å². The second-order valence-corrected chi connectivity index (χ2v) is 4.14. The maximum absolute atomic E-state index is 10.9. The van der Waals surface area contributed by atoms with E-state index in [1.54, 1.807) is 12.1 Å². The van der Waals surface area contributed by atoms with Gasteiger partial charge in [-0.3, -0.25) is 9.78 Å². The third-order valence-electron chi connectivity index (χ3n) is 1.76. The minimum absolute atomic E-state index is 0.245. The summed E-state index contributed by atoms with van der Waals surface area (Å²) in [5.41, 5.74) is 11.6. The van der Waals surface area contributed by atoms with E-state index in [1.807, 2.05) is 13.8 Å². The lowest BCUT2D eigenvalue weighted by atomic mass is 10.1. The topological polar surface area (TPSA) is 94.0 Å². The number of nitrogens with zero attached hydrogens (tertiary/aromatic N) is 1. The number of carbonyl (C=O) groups excluding carboxylic acids is 1. The van der Waals surface area contributed by atoms with Crippen molar-refractivity contribution in [2.75, 3.05) is 11.9 Å². The van der Waals surface area contributed by atoms with Crippen molar-refractivity contribution in [2.24, 2.45) is 11.5 Å². The molecule has 5 N–H and O–H groups in total. The molecule has 0 bridgehead atoms. The number of nitrogens with one attached hydrogen (secondary N) is 1. The van der Waals surface area contributed by atoms with Crippen LogP contribution in [0.2, 0.25) is 0 Å². The average Bonchev–Trinajstić information content (AvgIpc) is 2.14. The molecule has 5 nitrogen and oxygen atoms in total. The molecule has 1 amide bonds. The first kappa shape index (κ1) is 11.5. The Labute approximate surface area is 88.9 Å². The van der Waals surface area contributed by atoms with Crippen LogP contribution in [-0.4, -0.2) is 23.0 Å². The molecule has 0 aliphatic rings. The summed E-state index contributed by atoms with van der Waals surface area (Å²) in [6.07, 6.45) is 1.53. The summed E-state index contributed by atoms with van der Waals surface area (Å²) in [5, 5.41) is 3.11. The number of pyridine rings is 1. The predicted octanol–water partition coefficient (Wildman–Crippen LogP) is 0.330. The summed E-state index contributed by atoms with van der Waals surface area (Å²) in [5.74, 6) is -0.536. The second-order valence-electron chi connectivity index (χ2n) is 4.14. The molecule has 1 aromatic heterocycles. The second kappa shape index (κ2) is 4.27. The van der Waals surface area contributed by atoms with E-state index < -0.39 is 5.91 Å².